The van der Waals surface area contributed by atoms with E-state index in [0.29, 0.717) is 16.6 Å². The van der Waals surface area contributed by atoms with Crippen LogP contribution >= 0.6 is 0 Å². The summed E-state index contributed by atoms with van der Waals surface area (Å²) >= 11 is 0. The molecule has 0 aliphatic rings. The van der Waals surface area contributed by atoms with Crippen LogP contribution in [0.3, 0.4) is 0 Å². The van der Waals surface area contributed by atoms with E-state index in [2.05, 4.69) is 10.3 Å². The molecule has 1 heterocycles. The molecule has 0 radical (unpaired) electrons. The number of nitrogens with zero attached hydrogens (tertiary/aromatic N) is 1. The number of nitrogens with two attached hydrogens (primary N) is 1. The summed E-state index contributed by atoms with van der Waals surface area (Å²) in [5.74, 6) is -1.20. The van der Waals surface area contributed by atoms with Crippen molar-refractivity contribution in [3.8, 4) is 0 Å². The Labute approximate surface area is 143 Å². The Hall–Kier alpha value is -3.00. The molecule has 1 aromatic heterocycles. The maximum atomic E-state index is 13.4. The minimum Gasteiger partial charge on any atom is -0.365 e. The van der Waals surface area contributed by atoms with Gasteiger partial charge in [-0.25, -0.2) is 12.8 Å². The van der Waals surface area contributed by atoms with E-state index in [4.69, 9.17) is 5.73 Å². The fraction of sp³-hybridized carbons (Fsp3) is 0.0588. The molecule has 0 saturated carbocycles. The van der Waals surface area contributed by atoms with Crippen LogP contribution in [0.2, 0.25) is 0 Å². The van der Waals surface area contributed by atoms with E-state index in [0.717, 1.165) is 6.26 Å². The smallest absolute Gasteiger partial charge is 0.252 e. The van der Waals surface area contributed by atoms with Gasteiger partial charge in [0.1, 0.15) is 5.82 Å². The normalized spacial score (nSPS) is 11.4. The van der Waals surface area contributed by atoms with Gasteiger partial charge in [-0.15, -0.1) is 0 Å². The van der Waals surface area contributed by atoms with E-state index in [1.165, 1.54) is 42.6 Å². The minimum atomic E-state index is -3.46. The number of nitrogens with one attached hydrogen (secondary N) is 1. The Bertz CT molecular complexity index is 1100. The topological polar surface area (TPSA) is 102 Å². The number of fused-ring (bicyclic) bond motifs is 1. The molecule has 1 amide bonds. The summed E-state index contributed by atoms with van der Waals surface area (Å²) in [6, 6.07) is 10.0. The van der Waals surface area contributed by atoms with Crippen LogP contribution in [0.25, 0.3) is 10.9 Å². The fourth-order valence-electron chi connectivity index (χ4n) is 2.43. The molecule has 6 nitrogen and oxygen atoms in total. The molecule has 3 aromatic rings. The van der Waals surface area contributed by atoms with Gasteiger partial charge in [0, 0.05) is 23.5 Å². The molecule has 0 unspecified atom stereocenters. The molecule has 0 atom stereocenters. The first-order chi connectivity index (χ1) is 11.8. The molecule has 2 aromatic carbocycles. The molecule has 0 bridgehead atoms. The SMILES string of the molecule is CS(=O)(=O)c1ccc2ncc(C(N)=O)c(Nc3cccc(F)c3)c2c1. The molecule has 0 fully saturated rings. The van der Waals surface area contributed by atoms with Crippen molar-refractivity contribution >= 4 is 38.0 Å². The number of hydrogen-bond acceptors (Lipinski definition) is 5. The Morgan fingerprint density at radius 3 is 2.60 bits per heavy atom. The largest absolute Gasteiger partial charge is 0.365 e. The van der Waals surface area contributed by atoms with E-state index < -0.39 is 21.6 Å². The number of primary amides is 1. The van der Waals surface area contributed by atoms with Crippen LogP contribution < -0.4 is 11.1 Å². The van der Waals surface area contributed by atoms with Gasteiger partial charge in [-0.3, -0.25) is 9.78 Å². The lowest BCUT2D eigenvalue weighted by Crippen LogP contribution is -2.14. The van der Waals surface area contributed by atoms with Gasteiger partial charge in [-0.1, -0.05) is 6.07 Å². The molecule has 3 rings (SSSR count). The summed E-state index contributed by atoms with van der Waals surface area (Å²) in [6.45, 7) is 0. The van der Waals surface area contributed by atoms with Crippen molar-refractivity contribution in [2.45, 2.75) is 4.90 Å². The van der Waals surface area contributed by atoms with Gasteiger partial charge in [0.2, 0.25) is 0 Å². The summed E-state index contributed by atoms with van der Waals surface area (Å²) in [4.78, 5) is 16.0. The van der Waals surface area contributed by atoms with Crippen LogP contribution in [0.5, 0.6) is 0 Å². The highest BCUT2D eigenvalue weighted by Crippen LogP contribution is 2.31. The van der Waals surface area contributed by atoms with Gasteiger partial charge in [0.05, 0.1) is 21.7 Å². The quantitative estimate of drug-likeness (QED) is 0.745. The van der Waals surface area contributed by atoms with Gasteiger partial charge >= 0.3 is 0 Å². The van der Waals surface area contributed by atoms with E-state index in [9.17, 15) is 17.6 Å². The number of rotatable bonds is 4. The van der Waals surface area contributed by atoms with E-state index in [-0.39, 0.29) is 16.1 Å². The minimum absolute atomic E-state index is 0.0717. The summed E-state index contributed by atoms with van der Waals surface area (Å²) < 4.78 is 37.1. The van der Waals surface area contributed by atoms with Crippen LogP contribution in [-0.2, 0) is 9.84 Å². The second kappa shape index (κ2) is 6.14. The van der Waals surface area contributed by atoms with Crippen LogP contribution in [0.15, 0.2) is 53.6 Å². The first-order valence-electron chi connectivity index (χ1n) is 7.21. The number of anilines is 2. The third-order valence-corrected chi connectivity index (χ3v) is 4.74. The Kier molecular flexibility index (Phi) is 4.13. The average molecular weight is 359 g/mol. The van der Waals surface area contributed by atoms with Crippen molar-refractivity contribution in [1.29, 1.82) is 0 Å². The summed E-state index contributed by atoms with van der Waals surface area (Å²) in [7, 11) is -3.46. The Morgan fingerprint density at radius 2 is 1.96 bits per heavy atom. The molecule has 0 aliphatic carbocycles. The zero-order valence-electron chi connectivity index (χ0n) is 13.2. The third-order valence-electron chi connectivity index (χ3n) is 3.63. The second-order valence-corrected chi connectivity index (χ2v) is 7.51. The van der Waals surface area contributed by atoms with E-state index >= 15 is 0 Å². The lowest BCUT2D eigenvalue weighted by atomic mass is 10.1. The molecule has 8 heteroatoms. The van der Waals surface area contributed by atoms with Crippen molar-refractivity contribution < 1.29 is 17.6 Å². The van der Waals surface area contributed by atoms with Crippen molar-refractivity contribution in [2.24, 2.45) is 5.73 Å². The first-order valence-corrected chi connectivity index (χ1v) is 9.10. The first kappa shape index (κ1) is 16.8. The molecule has 0 aliphatic heterocycles. The molecule has 128 valence electrons. The van der Waals surface area contributed by atoms with Gasteiger partial charge in [-0.2, -0.15) is 0 Å². The number of pyridine rings is 1. The van der Waals surface area contributed by atoms with E-state index in [1.54, 1.807) is 6.07 Å². The van der Waals surface area contributed by atoms with E-state index in [1.807, 2.05) is 0 Å². The number of sulfone groups is 1. The average Bonchev–Trinajstić information content (AvgIpc) is 2.53. The molecule has 25 heavy (non-hydrogen) atoms. The predicted octanol–water partition coefficient (Wildman–Crippen LogP) is 2.62. The lowest BCUT2D eigenvalue weighted by molar-refractivity contribution is 0.100. The monoisotopic (exact) mass is 359 g/mol. The fourth-order valence-corrected chi connectivity index (χ4v) is 3.08. The molecular weight excluding hydrogens is 345 g/mol. The predicted molar refractivity (Wildman–Crippen MR) is 93.1 cm³/mol. The highest BCUT2D eigenvalue weighted by Gasteiger charge is 2.16. The lowest BCUT2D eigenvalue weighted by Gasteiger charge is -2.14. The van der Waals surface area contributed by atoms with Crippen LogP contribution in [0.1, 0.15) is 10.4 Å². The summed E-state index contributed by atoms with van der Waals surface area (Å²) in [5.41, 5.74) is 6.60. The molecular formula is C17H14FN3O3S. The second-order valence-electron chi connectivity index (χ2n) is 5.50. The van der Waals surface area contributed by atoms with Crippen molar-refractivity contribution in [1.82, 2.24) is 4.98 Å². The Balaban J connectivity index is 2.28. The van der Waals surface area contributed by atoms with Gasteiger partial charge < -0.3 is 11.1 Å². The zero-order chi connectivity index (χ0) is 18.2. The van der Waals surface area contributed by atoms with Gasteiger partial charge in [-0.05, 0) is 36.4 Å². The molecule has 3 N–H and O–H groups in total. The Morgan fingerprint density at radius 1 is 1.20 bits per heavy atom. The number of amides is 1. The highest BCUT2D eigenvalue weighted by atomic mass is 32.2. The standard InChI is InChI=1S/C17H14FN3O3S/c1-25(23,24)12-5-6-15-13(8-12)16(14(9-20-15)17(19)22)21-11-4-2-3-10(18)7-11/h2-9H,1H3,(H2,19,22)(H,20,21). The van der Waals surface area contributed by atoms with Gasteiger partial charge in [0.15, 0.2) is 9.84 Å². The number of carbonyl (C=O) groups is 1. The van der Waals surface area contributed by atoms with Crippen LogP contribution in [0.4, 0.5) is 15.8 Å². The van der Waals surface area contributed by atoms with Crippen molar-refractivity contribution in [2.75, 3.05) is 11.6 Å². The maximum absolute atomic E-state index is 13.4. The van der Waals surface area contributed by atoms with Crippen molar-refractivity contribution in [3.63, 3.8) is 0 Å². The highest BCUT2D eigenvalue weighted by molar-refractivity contribution is 7.90. The number of benzene rings is 2. The van der Waals surface area contributed by atoms with Crippen molar-refractivity contribution in [3.05, 3.63) is 60.0 Å². The zero-order valence-corrected chi connectivity index (χ0v) is 14.0. The number of carbonyl (C=O) groups excluding carboxylic acids is 1. The molecule has 0 saturated heterocycles. The molecule has 0 spiro atoms. The summed E-state index contributed by atoms with van der Waals surface area (Å²) in [5, 5.41) is 3.33. The number of aromatic nitrogens is 1. The van der Waals surface area contributed by atoms with Gasteiger partial charge in [0.25, 0.3) is 5.91 Å². The number of hydrogen-bond donors (Lipinski definition) is 2. The van der Waals surface area contributed by atoms with Crippen LogP contribution in [-0.4, -0.2) is 25.6 Å². The number of halogens is 1. The van der Waals surface area contributed by atoms with Crippen LogP contribution in [0, 0.1) is 5.82 Å². The maximum Gasteiger partial charge on any atom is 0.252 e. The third kappa shape index (κ3) is 3.43. The summed E-state index contributed by atoms with van der Waals surface area (Å²) in [6.07, 6.45) is 2.38.